The van der Waals surface area contributed by atoms with E-state index in [4.69, 9.17) is 20.9 Å². The highest BCUT2D eigenvalue weighted by Gasteiger charge is 2.19. The van der Waals surface area contributed by atoms with E-state index >= 15 is 0 Å². The van der Waals surface area contributed by atoms with Crippen molar-refractivity contribution in [1.29, 1.82) is 0 Å². The molecule has 2 N–H and O–H groups in total. The number of rotatable bonds is 8. The topological polar surface area (TPSA) is 87.8 Å². The largest absolute Gasteiger partial charge is 0.383 e. The molecule has 1 fully saturated rings. The summed E-state index contributed by atoms with van der Waals surface area (Å²) in [5.41, 5.74) is 0.881. The maximum atomic E-state index is 5.92. The van der Waals surface area contributed by atoms with Crippen molar-refractivity contribution in [2.75, 3.05) is 46.9 Å². The summed E-state index contributed by atoms with van der Waals surface area (Å²) in [6.07, 6.45) is 2.81. The van der Waals surface area contributed by atoms with Gasteiger partial charge in [-0.2, -0.15) is 4.98 Å². The van der Waals surface area contributed by atoms with Gasteiger partial charge in [0.05, 0.1) is 6.61 Å². The number of aromatic nitrogens is 2. The van der Waals surface area contributed by atoms with E-state index in [1.54, 1.807) is 14.2 Å². The molecule has 0 atom stereocenters. The van der Waals surface area contributed by atoms with Crippen molar-refractivity contribution in [3.05, 3.63) is 35.2 Å². The molecule has 1 aromatic carbocycles. The van der Waals surface area contributed by atoms with Crippen molar-refractivity contribution in [3.8, 4) is 11.4 Å². The second kappa shape index (κ2) is 13.1. The van der Waals surface area contributed by atoms with E-state index in [0.29, 0.717) is 35.7 Å². The van der Waals surface area contributed by atoms with Gasteiger partial charge in [-0.15, -0.1) is 24.0 Å². The first-order valence-corrected chi connectivity index (χ1v) is 10.3. The first kappa shape index (κ1) is 24.8. The molecule has 8 nitrogen and oxygen atoms in total. The van der Waals surface area contributed by atoms with Gasteiger partial charge < -0.3 is 24.8 Å². The lowest BCUT2D eigenvalue weighted by Gasteiger charge is -2.32. The minimum atomic E-state index is 0. The molecule has 0 unspecified atom stereocenters. The fourth-order valence-electron chi connectivity index (χ4n) is 3.27. The average Bonchev–Trinajstić information content (AvgIpc) is 3.22. The first-order chi connectivity index (χ1) is 14.2. The van der Waals surface area contributed by atoms with Gasteiger partial charge in [-0.3, -0.25) is 4.99 Å². The van der Waals surface area contributed by atoms with Gasteiger partial charge in [0.1, 0.15) is 0 Å². The fraction of sp³-hybridized carbons (Fsp3) is 0.550. The van der Waals surface area contributed by atoms with Crippen LogP contribution in [0.15, 0.2) is 33.8 Å². The van der Waals surface area contributed by atoms with Crippen molar-refractivity contribution in [2.24, 2.45) is 4.99 Å². The predicted octanol–water partition coefficient (Wildman–Crippen LogP) is 2.83. The van der Waals surface area contributed by atoms with Crippen LogP contribution in [0.1, 0.15) is 18.7 Å². The molecule has 0 saturated carbocycles. The Labute approximate surface area is 199 Å². The lowest BCUT2D eigenvalue weighted by molar-refractivity contribution is 0.128. The molecule has 2 aromatic rings. The Morgan fingerprint density at radius 3 is 2.70 bits per heavy atom. The van der Waals surface area contributed by atoms with Crippen LogP contribution in [-0.4, -0.2) is 74.0 Å². The molecule has 1 aromatic heterocycles. The number of guanidine groups is 1. The minimum absolute atomic E-state index is 0. The minimum Gasteiger partial charge on any atom is -0.383 e. The summed E-state index contributed by atoms with van der Waals surface area (Å²) in [6, 6.07) is 7.81. The van der Waals surface area contributed by atoms with E-state index in [9.17, 15) is 0 Å². The number of likely N-dealkylation sites (tertiary alicyclic amines) is 1. The molecule has 0 radical (unpaired) electrons. The Bertz CT molecular complexity index is 778. The van der Waals surface area contributed by atoms with Gasteiger partial charge in [0.2, 0.25) is 11.7 Å². The summed E-state index contributed by atoms with van der Waals surface area (Å²) in [5.74, 6) is 1.96. The summed E-state index contributed by atoms with van der Waals surface area (Å²) in [7, 11) is 3.53. The molecule has 0 aliphatic carbocycles. The third kappa shape index (κ3) is 7.68. The van der Waals surface area contributed by atoms with Gasteiger partial charge in [-0.05, 0) is 37.1 Å². The number of methoxy groups -OCH3 is 1. The maximum absolute atomic E-state index is 5.92. The summed E-state index contributed by atoms with van der Waals surface area (Å²) in [4.78, 5) is 11.2. The maximum Gasteiger partial charge on any atom is 0.228 e. The van der Waals surface area contributed by atoms with E-state index in [-0.39, 0.29) is 24.0 Å². The van der Waals surface area contributed by atoms with Gasteiger partial charge in [0.15, 0.2) is 5.96 Å². The van der Waals surface area contributed by atoms with E-state index in [0.717, 1.165) is 50.6 Å². The quantitative estimate of drug-likeness (QED) is 0.298. The lowest BCUT2D eigenvalue weighted by atomic mass is 10.1. The number of piperidine rings is 1. The number of benzene rings is 1. The summed E-state index contributed by atoms with van der Waals surface area (Å²) in [5, 5.41) is 11.6. The second-order valence-corrected chi connectivity index (χ2v) is 7.46. The molecule has 30 heavy (non-hydrogen) atoms. The van der Waals surface area contributed by atoms with Crippen molar-refractivity contribution < 1.29 is 9.26 Å². The molecule has 0 bridgehead atoms. The predicted molar refractivity (Wildman–Crippen MR) is 130 cm³/mol. The van der Waals surface area contributed by atoms with Crippen LogP contribution in [0.25, 0.3) is 11.4 Å². The highest BCUT2D eigenvalue weighted by atomic mass is 127. The molecule has 1 aliphatic rings. The van der Waals surface area contributed by atoms with Crippen LogP contribution in [-0.2, 0) is 11.2 Å². The van der Waals surface area contributed by atoms with Gasteiger partial charge >= 0.3 is 0 Å². The SMILES string of the molecule is CN=C(NCCc1nc(-c2ccc(Cl)cc2)no1)NC1CCN(CCOC)CC1.I. The van der Waals surface area contributed by atoms with E-state index in [1.165, 1.54) is 0 Å². The average molecular weight is 549 g/mol. The zero-order chi connectivity index (χ0) is 20.5. The van der Waals surface area contributed by atoms with Crippen molar-refractivity contribution >= 4 is 41.5 Å². The van der Waals surface area contributed by atoms with Crippen molar-refractivity contribution in [3.63, 3.8) is 0 Å². The molecule has 10 heteroatoms. The van der Waals surface area contributed by atoms with Crippen LogP contribution in [0.2, 0.25) is 5.02 Å². The number of aliphatic imine (C=N–C) groups is 1. The van der Waals surface area contributed by atoms with E-state index in [1.807, 2.05) is 24.3 Å². The van der Waals surface area contributed by atoms with Crippen molar-refractivity contribution in [1.82, 2.24) is 25.7 Å². The lowest BCUT2D eigenvalue weighted by Crippen LogP contribution is -2.49. The number of hydrogen-bond acceptors (Lipinski definition) is 6. The Morgan fingerprint density at radius 2 is 2.03 bits per heavy atom. The second-order valence-electron chi connectivity index (χ2n) is 7.02. The van der Waals surface area contributed by atoms with Gasteiger partial charge in [-0.1, -0.05) is 16.8 Å². The Balaban J connectivity index is 0.00000320. The number of hydrogen-bond donors (Lipinski definition) is 2. The van der Waals surface area contributed by atoms with Crippen LogP contribution in [0, 0.1) is 0 Å². The normalized spacial score (nSPS) is 15.6. The molecule has 0 amide bonds. The third-order valence-electron chi connectivity index (χ3n) is 4.97. The third-order valence-corrected chi connectivity index (χ3v) is 5.22. The van der Waals surface area contributed by atoms with Gasteiger partial charge in [0, 0.05) is 63.4 Å². The Hall–Kier alpha value is -1.43. The number of nitrogens with one attached hydrogen (secondary N) is 2. The van der Waals surface area contributed by atoms with E-state index in [2.05, 4.69) is 30.7 Å². The van der Waals surface area contributed by atoms with Gasteiger partial charge in [0.25, 0.3) is 0 Å². The number of halogens is 2. The summed E-state index contributed by atoms with van der Waals surface area (Å²) in [6.45, 7) is 4.60. The molecule has 3 rings (SSSR count). The van der Waals surface area contributed by atoms with Gasteiger partial charge in [-0.25, -0.2) is 0 Å². The smallest absolute Gasteiger partial charge is 0.228 e. The molecule has 1 saturated heterocycles. The summed E-state index contributed by atoms with van der Waals surface area (Å²) < 4.78 is 10.5. The zero-order valence-electron chi connectivity index (χ0n) is 17.4. The van der Waals surface area contributed by atoms with Crippen LogP contribution in [0.5, 0.6) is 0 Å². The first-order valence-electron chi connectivity index (χ1n) is 9.95. The van der Waals surface area contributed by atoms with Crippen LogP contribution >= 0.6 is 35.6 Å². The van der Waals surface area contributed by atoms with Crippen LogP contribution < -0.4 is 10.6 Å². The number of nitrogens with zero attached hydrogens (tertiary/aromatic N) is 4. The standard InChI is InChI=1S/C20H29ClN6O2.HI/c1-22-20(24-17-8-11-27(12-9-17)13-14-28-2)23-10-7-18-25-19(26-29-18)15-3-5-16(21)6-4-15;/h3-6,17H,7-14H2,1-2H3,(H2,22,23,24);1H. The highest BCUT2D eigenvalue weighted by molar-refractivity contribution is 14.0. The Kier molecular flexibility index (Phi) is 10.8. The van der Waals surface area contributed by atoms with Crippen LogP contribution in [0.4, 0.5) is 0 Å². The van der Waals surface area contributed by atoms with E-state index < -0.39 is 0 Å². The van der Waals surface area contributed by atoms with Crippen LogP contribution in [0.3, 0.4) is 0 Å². The van der Waals surface area contributed by atoms with Crippen molar-refractivity contribution in [2.45, 2.75) is 25.3 Å². The molecule has 166 valence electrons. The summed E-state index contributed by atoms with van der Waals surface area (Å²) >= 11 is 5.92. The molecule has 1 aliphatic heterocycles. The number of ether oxygens (including phenoxy) is 1. The fourth-order valence-corrected chi connectivity index (χ4v) is 3.40. The zero-order valence-corrected chi connectivity index (χ0v) is 20.5. The Morgan fingerprint density at radius 1 is 1.30 bits per heavy atom. The highest BCUT2D eigenvalue weighted by Crippen LogP contribution is 2.18. The molecule has 2 heterocycles. The molecular formula is C20H30ClIN6O2. The monoisotopic (exact) mass is 548 g/mol. The molecular weight excluding hydrogens is 519 g/mol. The molecule has 0 spiro atoms.